The van der Waals surface area contributed by atoms with Crippen LogP contribution in [0.15, 0.2) is 42.6 Å². The molecule has 104 valence electrons. The van der Waals surface area contributed by atoms with E-state index in [0.29, 0.717) is 16.6 Å². The maximum absolute atomic E-state index is 11.7. The van der Waals surface area contributed by atoms with E-state index in [1.165, 1.54) is 11.8 Å². The number of hydrogen-bond acceptors (Lipinski definition) is 3. The van der Waals surface area contributed by atoms with Gasteiger partial charge in [-0.15, -0.1) is 0 Å². The lowest BCUT2D eigenvalue weighted by Gasteiger charge is -2.07. The fourth-order valence-corrected chi connectivity index (χ4v) is 1.73. The number of aryl methyl sites for hydroxylation is 1. The topological polar surface area (TPSA) is 51.2 Å². The third kappa shape index (κ3) is 4.24. The summed E-state index contributed by atoms with van der Waals surface area (Å²) in [5.74, 6) is 0.431. The van der Waals surface area contributed by atoms with Crippen molar-refractivity contribution in [1.82, 2.24) is 4.98 Å². The first-order chi connectivity index (χ1) is 9.67. The Morgan fingerprint density at radius 2 is 2.00 bits per heavy atom. The third-order valence-corrected chi connectivity index (χ3v) is 2.94. The van der Waals surface area contributed by atoms with Crippen molar-refractivity contribution in [3.8, 4) is 5.75 Å². The molecule has 1 aromatic heterocycles. The lowest BCUT2D eigenvalue weighted by atomic mass is 10.2. The van der Waals surface area contributed by atoms with Crippen LogP contribution in [0.25, 0.3) is 0 Å². The molecule has 0 bridgehead atoms. The fourth-order valence-electron chi connectivity index (χ4n) is 1.62. The first-order valence-corrected chi connectivity index (χ1v) is 6.68. The summed E-state index contributed by atoms with van der Waals surface area (Å²) in [7, 11) is 0. The molecule has 4 nitrogen and oxygen atoms in total. The molecular weight excluding hydrogens is 276 g/mol. The minimum atomic E-state index is -0.242. The average molecular weight is 291 g/mol. The van der Waals surface area contributed by atoms with Crippen molar-refractivity contribution >= 4 is 23.2 Å². The maximum atomic E-state index is 11.7. The van der Waals surface area contributed by atoms with Crippen LogP contribution in [-0.4, -0.2) is 17.5 Å². The number of aromatic nitrogens is 1. The molecule has 1 amide bonds. The monoisotopic (exact) mass is 290 g/mol. The van der Waals surface area contributed by atoms with E-state index in [4.69, 9.17) is 16.3 Å². The number of carbonyl (C=O) groups is 1. The molecule has 0 radical (unpaired) electrons. The van der Waals surface area contributed by atoms with Crippen molar-refractivity contribution in [1.29, 1.82) is 0 Å². The molecule has 0 saturated carbocycles. The summed E-state index contributed by atoms with van der Waals surface area (Å²) >= 11 is 5.67. The van der Waals surface area contributed by atoms with Crippen molar-refractivity contribution < 1.29 is 9.53 Å². The highest BCUT2D eigenvalue weighted by Gasteiger charge is 2.04. The van der Waals surface area contributed by atoms with Crippen LogP contribution in [0.1, 0.15) is 12.5 Å². The van der Waals surface area contributed by atoms with Crippen LogP contribution >= 0.6 is 11.6 Å². The smallest absolute Gasteiger partial charge is 0.262 e. The third-order valence-electron chi connectivity index (χ3n) is 2.71. The number of ether oxygens (including phenoxy) is 1. The average Bonchev–Trinajstić information content (AvgIpc) is 2.48. The Hall–Kier alpha value is -2.07. The highest BCUT2D eigenvalue weighted by molar-refractivity contribution is 6.29. The molecule has 2 aromatic rings. The minimum Gasteiger partial charge on any atom is -0.484 e. The molecule has 1 N–H and O–H groups in total. The van der Waals surface area contributed by atoms with Crippen molar-refractivity contribution in [2.45, 2.75) is 13.3 Å². The molecular formula is C15H15ClN2O2. The summed E-state index contributed by atoms with van der Waals surface area (Å²) in [6.45, 7) is 2.04. The quantitative estimate of drug-likeness (QED) is 0.860. The molecule has 0 aliphatic rings. The molecule has 0 fully saturated rings. The normalized spacial score (nSPS) is 10.1. The van der Waals surface area contributed by atoms with Gasteiger partial charge in [0.2, 0.25) is 0 Å². The summed E-state index contributed by atoms with van der Waals surface area (Å²) in [5, 5.41) is 3.06. The summed E-state index contributed by atoms with van der Waals surface area (Å²) in [6, 6.07) is 11.0. The number of rotatable bonds is 5. The molecule has 0 unspecified atom stereocenters. The molecule has 1 aromatic carbocycles. The van der Waals surface area contributed by atoms with Gasteiger partial charge < -0.3 is 10.1 Å². The first-order valence-electron chi connectivity index (χ1n) is 6.30. The largest absolute Gasteiger partial charge is 0.484 e. The van der Waals surface area contributed by atoms with E-state index < -0.39 is 0 Å². The number of nitrogens with one attached hydrogen (secondary N) is 1. The zero-order valence-corrected chi connectivity index (χ0v) is 11.9. The number of benzene rings is 1. The lowest BCUT2D eigenvalue weighted by Crippen LogP contribution is -2.20. The van der Waals surface area contributed by atoms with E-state index in [9.17, 15) is 4.79 Å². The number of pyridine rings is 1. The van der Waals surface area contributed by atoms with Crippen molar-refractivity contribution in [3.63, 3.8) is 0 Å². The standard InChI is InChI=1S/C15H15ClN2O2/c1-2-11-3-6-13(7-4-11)20-10-15(19)18-12-5-8-14(16)17-9-12/h3-9H,2,10H2,1H3,(H,18,19). The Morgan fingerprint density at radius 3 is 2.60 bits per heavy atom. The Morgan fingerprint density at radius 1 is 1.25 bits per heavy atom. The Labute approximate surface area is 122 Å². The van der Waals surface area contributed by atoms with Gasteiger partial charge >= 0.3 is 0 Å². The van der Waals surface area contributed by atoms with Gasteiger partial charge in [-0.25, -0.2) is 4.98 Å². The van der Waals surface area contributed by atoms with E-state index in [0.717, 1.165) is 6.42 Å². The highest BCUT2D eigenvalue weighted by Crippen LogP contribution is 2.13. The number of hydrogen-bond donors (Lipinski definition) is 1. The summed E-state index contributed by atoms with van der Waals surface area (Å²) in [6.07, 6.45) is 2.47. The number of anilines is 1. The van der Waals surface area contributed by atoms with Crippen LogP contribution in [-0.2, 0) is 11.2 Å². The summed E-state index contributed by atoms with van der Waals surface area (Å²) < 4.78 is 5.40. The molecule has 0 aliphatic heterocycles. The van der Waals surface area contributed by atoms with E-state index in [1.807, 2.05) is 24.3 Å². The Bertz CT molecular complexity index is 567. The zero-order valence-electron chi connectivity index (χ0n) is 11.1. The van der Waals surface area contributed by atoms with Crippen LogP contribution in [0, 0.1) is 0 Å². The SMILES string of the molecule is CCc1ccc(OCC(=O)Nc2ccc(Cl)nc2)cc1. The van der Waals surface area contributed by atoms with Gasteiger partial charge in [-0.1, -0.05) is 30.7 Å². The number of nitrogens with zero attached hydrogens (tertiary/aromatic N) is 1. The van der Waals surface area contributed by atoms with Gasteiger partial charge in [0.1, 0.15) is 10.9 Å². The van der Waals surface area contributed by atoms with Gasteiger partial charge in [-0.3, -0.25) is 4.79 Å². The van der Waals surface area contributed by atoms with Crippen molar-refractivity contribution in [2.24, 2.45) is 0 Å². The van der Waals surface area contributed by atoms with Crippen LogP contribution in [0.3, 0.4) is 0 Å². The fraction of sp³-hybridized carbons (Fsp3) is 0.200. The van der Waals surface area contributed by atoms with Crippen molar-refractivity contribution in [3.05, 3.63) is 53.3 Å². The molecule has 5 heteroatoms. The molecule has 20 heavy (non-hydrogen) atoms. The Kier molecular flexibility index (Phi) is 4.96. The number of carbonyl (C=O) groups excluding carboxylic acids is 1. The molecule has 0 aliphatic carbocycles. The molecule has 0 spiro atoms. The molecule has 1 heterocycles. The predicted octanol–water partition coefficient (Wildman–Crippen LogP) is 3.31. The molecule has 0 saturated heterocycles. The van der Waals surface area contributed by atoms with E-state index in [2.05, 4.69) is 17.2 Å². The maximum Gasteiger partial charge on any atom is 0.262 e. The zero-order chi connectivity index (χ0) is 14.4. The second kappa shape index (κ2) is 6.91. The van der Waals surface area contributed by atoms with Crippen LogP contribution < -0.4 is 10.1 Å². The Balaban J connectivity index is 1.83. The van der Waals surface area contributed by atoms with Crippen LogP contribution in [0.5, 0.6) is 5.75 Å². The molecule has 0 atom stereocenters. The highest BCUT2D eigenvalue weighted by atomic mass is 35.5. The van der Waals surface area contributed by atoms with Gasteiger partial charge in [0.05, 0.1) is 11.9 Å². The number of amides is 1. The van der Waals surface area contributed by atoms with Gasteiger partial charge in [-0.2, -0.15) is 0 Å². The predicted molar refractivity (Wildman–Crippen MR) is 79.2 cm³/mol. The van der Waals surface area contributed by atoms with Gasteiger partial charge in [0, 0.05) is 0 Å². The van der Waals surface area contributed by atoms with Gasteiger partial charge in [0.25, 0.3) is 5.91 Å². The van der Waals surface area contributed by atoms with E-state index in [1.54, 1.807) is 12.1 Å². The summed E-state index contributed by atoms with van der Waals surface area (Å²) in [4.78, 5) is 15.6. The molecule has 2 rings (SSSR count). The van der Waals surface area contributed by atoms with Crippen molar-refractivity contribution in [2.75, 3.05) is 11.9 Å². The van der Waals surface area contributed by atoms with Gasteiger partial charge in [-0.05, 0) is 36.2 Å². The van der Waals surface area contributed by atoms with Crippen LogP contribution in [0.2, 0.25) is 5.15 Å². The van der Waals surface area contributed by atoms with Gasteiger partial charge in [0.15, 0.2) is 6.61 Å². The van der Waals surface area contributed by atoms with Crippen LogP contribution in [0.4, 0.5) is 5.69 Å². The first kappa shape index (κ1) is 14.3. The minimum absolute atomic E-state index is 0.0475. The number of halogens is 1. The second-order valence-electron chi connectivity index (χ2n) is 4.20. The summed E-state index contributed by atoms with van der Waals surface area (Å²) in [5.41, 5.74) is 1.82. The lowest BCUT2D eigenvalue weighted by molar-refractivity contribution is -0.118. The van der Waals surface area contributed by atoms with E-state index >= 15 is 0 Å². The van der Waals surface area contributed by atoms with E-state index in [-0.39, 0.29) is 12.5 Å². The second-order valence-corrected chi connectivity index (χ2v) is 4.59.